The van der Waals surface area contributed by atoms with Crippen molar-refractivity contribution in [3.8, 4) is 0 Å². The summed E-state index contributed by atoms with van der Waals surface area (Å²) < 4.78 is 29.8. The van der Waals surface area contributed by atoms with E-state index in [4.69, 9.17) is 0 Å². The molecule has 0 radical (unpaired) electrons. The number of anilines is 2. The number of rotatable bonds is 23. The van der Waals surface area contributed by atoms with Crippen LogP contribution >= 0.6 is 0 Å². The van der Waals surface area contributed by atoms with E-state index in [1.54, 1.807) is 30.3 Å². The number of benzene rings is 3. The Balaban J connectivity index is 1.42. The van der Waals surface area contributed by atoms with E-state index in [0.29, 0.717) is 35.9 Å². The number of carbonyl (C=O) groups is 1. The molecule has 2 atom stereocenters. The molecule has 10 heteroatoms. The fourth-order valence-electron chi connectivity index (χ4n) is 6.05. The van der Waals surface area contributed by atoms with Crippen molar-refractivity contribution in [2.75, 3.05) is 30.3 Å². The minimum Gasteiger partial charge on any atom is -0.392 e. The van der Waals surface area contributed by atoms with Crippen LogP contribution in [0.2, 0.25) is 0 Å². The maximum atomic E-state index is 13.6. The zero-order chi connectivity index (χ0) is 34.9. The molecule has 0 spiro atoms. The molecule has 3 aromatic carbocycles. The normalized spacial score (nSPS) is 13.0. The number of aliphatic hydroxyl groups is 3. The van der Waals surface area contributed by atoms with Crippen LogP contribution in [0.5, 0.6) is 0 Å². The number of nitrogens with zero attached hydrogens (tertiary/aromatic N) is 1. The number of hydrogen-bond donors (Lipinski definition) is 5. The van der Waals surface area contributed by atoms with E-state index < -0.39 is 28.8 Å². The van der Waals surface area contributed by atoms with Crippen molar-refractivity contribution in [2.45, 2.75) is 121 Å². The Bertz CT molecular complexity index is 1530. The number of unbranched alkanes of at least 4 members (excludes halogenated alkanes) is 10. The monoisotopic (exact) mass is 683 g/mol. The number of aliphatic hydroxyl groups excluding tert-OH is 3. The van der Waals surface area contributed by atoms with E-state index in [2.05, 4.69) is 17.0 Å². The first-order valence-corrected chi connectivity index (χ1v) is 19.2. The second kappa shape index (κ2) is 20.4. The molecule has 1 amide bonds. The largest absolute Gasteiger partial charge is 0.392 e. The van der Waals surface area contributed by atoms with E-state index >= 15 is 0 Å². The van der Waals surface area contributed by atoms with Gasteiger partial charge in [0.15, 0.2) is 0 Å². The Hall–Kier alpha value is -3.18. The molecule has 0 aliphatic rings. The highest BCUT2D eigenvalue weighted by molar-refractivity contribution is 7.93. The summed E-state index contributed by atoms with van der Waals surface area (Å²) in [6, 6.07) is 15.2. The van der Waals surface area contributed by atoms with Gasteiger partial charge < -0.3 is 25.5 Å². The number of carbonyl (C=O) groups excluding carboxylic acids is 1. The van der Waals surface area contributed by atoms with Gasteiger partial charge in [0.25, 0.3) is 15.9 Å². The van der Waals surface area contributed by atoms with E-state index in [-0.39, 0.29) is 16.5 Å². The Morgan fingerprint density at radius 1 is 0.771 bits per heavy atom. The van der Waals surface area contributed by atoms with Crippen molar-refractivity contribution in [2.24, 2.45) is 0 Å². The maximum Gasteiger partial charge on any atom is 0.262 e. The molecule has 0 aliphatic heterocycles. The first kappa shape index (κ1) is 39.3. The van der Waals surface area contributed by atoms with E-state index in [1.807, 2.05) is 37.2 Å². The van der Waals surface area contributed by atoms with Crippen LogP contribution < -0.4 is 14.9 Å². The Morgan fingerprint density at radius 2 is 1.35 bits per heavy atom. The third-order valence-corrected chi connectivity index (χ3v) is 10.4. The summed E-state index contributed by atoms with van der Waals surface area (Å²) >= 11 is 0. The molecule has 2 unspecified atom stereocenters. The molecule has 48 heavy (non-hydrogen) atoms. The van der Waals surface area contributed by atoms with Crippen LogP contribution in [0, 0.1) is 0 Å². The lowest BCUT2D eigenvalue weighted by molar-refractivity contribution is 0.00712. The molecule has 0 heterocycles. The second-order valence-corrected chi connectivity index (χ2v) is 14.7. The Morgan fingerprint density at radius 3 is 1.98 bits per heavy atom. The van der Waals surface area contributed by atoms with Crippen LogP contribution in [0.25, 0.3) is 10.8 Å². The van der Waals surface area contributed by atoms with Crippen molar-refractivity contribution < 1.29 is 28.5 Å². The highest BCUT2D eigenvalue weighted by atomic mass is 32.2. The van der Waals surface area contributed by atoms with E-state index in [9.17, 15) is 28.5 Å². The Kier molecular flexibility index (Phi) is 16.7. The van der Waals surface area contributed by atoms with Gasteiger partial charge >= 0.3 is 0 Å². The fraction of sp³-hybridized carbons (Fsp3) is 0.553. The topological polar surface area (TPSA) is 139 Å². The number of amides is 1. The predicted molar refractivity (Wildman–Crippen MR) is 196 cm³/mol. The first-order chi connectivity index (χ1) is 23.1. The van der Waals surface area contributed by atoms with Gasteiger partial charge in [-0.3, -0.25) is 9.52 Å². The SMILES string of the molecule is CCCCCCCCC(O)C(O)CCCCCCCCNC(=O)c1ccc(CO)c(NS(=O)(=O)c2cccc3c(N(C)C)cccc23)c1. The highest BCUT2D eigenvalue weighted by Crippen LogP contribution is 2.32. The van der Waals surface area contributed by atoms with Gasteiger partial charge in [0, 0.05) is 48.2 Å². The fourth-order valence-corrected chi connectivity index (χ4v) is 7.36. The van der Waals surface area contributed by atoms with Crippen molar-refractivity contribution >= 4 is 38.1 Å². The van der Waals surface area contributed by atoms with Crippen LogP contribution in [0.4, 0.5) is 11.4 Å². The lowest BCUT2D eigenvalue weighted by Gasteiger charge is -2.18. The van der Waals surface area contributed by atoms with Gasteiger partial charge in [0.2, 0.25) is 0 Å². The number of fused-ring (bicyclic) bond motifs is 1. The predicted octanol–water partition coefficient (Wildman–Crippen LogP) is 7.13. The average molecular weight is 684 g/mol. The zero-order valence-corrected chi connectivity index (χ0v) is 29.9. The first-order valence-electron chi connectivity index (χ1n) is 17.7. The molecular weight excluding hydrogens is 626 g/mol. The van der Waals surface area contributed by atoms with Gasteiger partial charge in [0.05, 0.1) is 29.4 Å². The lowest BCUT2D eigenvalue weighted by atomic mass is 9.99. The minimum absolute atomic E-state index is 0.111. The van der Waals surface area contributed by atoms with E-state index in [1.165, 1.54) is 31.7 Å². The number of nitrogens with one attached hydrogen (secondary N) is 2. The lowest BCUT2D eigenvalue weighted by Crippen LogP contribution is -2.25. The van der Waals surface area contributed by atoms with Gasteiger partial charge in [-0.15, -0.1) is 0 Å². The van der Waals surface area contributed by atoms with Gasteiger partial charge in [0.1, 0.15) is 0 Å². The molecule has 9 nitrogen and oxygen atoms in total. The molecule has 0 bridgehead atoms. The van der Waals surface area contributed by atoms with Gasteiger partial charge in [-0.1, -0.05) is 108 Å². The van der Waals surface area contributed by atoms with Crippen molar-refractivity contribution in [1.82, 2.24) is 5.32 Å². The van der Waals surface area contributed by atoms with Crippen LogP contribution in [-0.2, 0) is 16.6 Å². The molecule has 266 valence electrons. The summed E-state index contributed by atoms with van der Waals surface area (Å²) in [6.45, 7) is 2.30. The van der Waals surface area contributed by atoms with Gasteiger partial charge in [-0.25, -0.2) is 8.42 Å². The summed E-state index contributed by atoms with van der Waals surface area (Å²) in [5.41, 5.74) is 1.72. The summed E-state index contributed by atoms with van der Waals surface area (Å²) in [4.78, 5) is 15.0. The molecular formula is C38H57N3O6S. The summed E-state index contributed by atoms with van der Waals surface area (Å²) in [7, 11) is -0.243. The second-order valence-electron chi connectivity index (χ2n) is 13.0. The van der Waals surface area contributed by atoms with Crippen LogP contribution in [0.1, 0.15) is 113 Å². The third-order valence-electron chi connectivity index (χ3n) is 8.93. The van der Waals surface area contributed by atoms with Crippen LogP contribution in [0.3, 0.4) is 0 Å². The molecule has 0 saturated heterocycles. The highest BCUT2D eigenvalue weighted by Gasteiger charge is 2.21. The van der Waals surface area contributed by atoms with Crippen molar-refractivity contribution in [1.29, 1.82) is 0 Å². The minimum atomic E-state index is -4.05. The maximum absolute atomic E-state index is 13.6. The molecule has 0 aromatic heterocycles. The summed E-state index contributed by atoms with van der Waals surface area (Å²) in [5, 5.41) is 34.7. The standard InChI is InChI=1S/C38H57N3O6S/c1-4-5-6-7-10-13-21-35(43)36(44)22-14-11-8-9-12-15-26-39-38(45)29-24-25-30(28-42)33(27-29)40-48(46,47)37-23-17-18-31-32(37)19-16-20-34(31)41(2)3/h16-20,23-25,27,35-36,40,42-44H,4-15,21-22,26,28H2,1-3H3,(H,39,45). The summed E-state index contributed by atoms with van der Waals surface area (Å²) in [6.07, 6.45) is 12.8. The Labute approximate surface area is 287 Å². The third kappa shape index (κ3) is 12.1. The zero-order valence-electron chi connectivity index (χ0n) is 29.1. The van der Waals surface area contributed by atoms with E-state index in [0.717, 1.165) is 62.4 Å². The van der Waals surface area contributed by atoms with Crippen molar-refractivity contribution in [3.63, 3.8) is 0 Å². The quantitative estimate of drug-likeness (QED) is 0.0670. The van der Waals surface area contributed by atoms with Crippen LogP contribution in [-0.4, -0.2) is 62.5 Å². The van der Waals surface area contributed by atoms with Crippen LogP contribution in [0.15, 0.2) is 59.5 Å². The number of hydrogen-bond acceptors (Lipinski definition) is 7. The molecule has 3 aromatic rings. The summed E-state index contributed by atoms with van der Waals surface area (Å²) in [5.74, 6) is -0.311. The molecule has 3 rings (SSSR count). The van der Waals surface area contributed by atoms with Gasteiger partial charge in [-0.05, 0) is 43.5 Å². The number of sulfonamides is 1. The molecule has 5 N–H and O–H groups in total. The molecule has 0 aliphatic carbocycles. The molecule has 0 fully saturated rings. The van der Waals surface area contributed by atoms with Crippen molar-refractivity contribution in [3.05, 3.63) is 65.7 Å². The average Bonchev–Trinajstić information content (AvgIpc) is 3.07. The van der Waals surface area contributed by atoms with Gasteiger partial charge in [-0.2, -0.15) is 0 Å². The smallest absolute Gasteiger partial charge is 0.262 e. The molecule has 0 saturated carbocycles.